The molecule has 0 bridgehead atoms. The lowest BCUT2D eigenvalue weighted by molar-refractivity contribution is -0.142. The Labute approximate surface area is 114 Å². The van der Waals surface area contributed by atoms with Crippen LogP contribution >= 0.6 is 0 Å². The van der Waals surface area contributed by atoms with E-state index in [1.807, 2.05) is 24.3 Å². The Bertz CT molecular complexity index is 491. The van der Waals surface area contributed by atoms with Crippen molar-refractivity contribution in [3.05, 3.63) is 29.8 Å². The van der Waals surface area contributed by atoms with Crippen LogP contribution in [0.4, 0.5) is 5.69 Å². The average molecular weight is 259 g/mol. The van der Waals surface area contributed by atoms with E-state index in [1.54, 1.807) is 0 Å². The van der Waals surface area contributed by atoms with E-state index in [0.29, 0.717) is 0 Å². The van der Waals surface area contributed by atoms with Crippen molar-refractivity contribution in [3.8, 4) is 0 Å². The summed E-state index contributed by atoms with van der Waals surface area (Å²) in [7, 11) is 0. The van der Waals surface area contributed by atoms with E-state index >= 15 is 0 Å². The lowest BCUT2D eigenvalue weighted by Gasteiger charge is -2.36. The maximum atomic E-state index is 12.2. The van der Waals surface area contributed by atoms with Crippen molar-refractivity contribution in [2.75, 3.05) is 5.32 Å². The maximum Gasteiger partial charge on any atom is 0.261 e. The van der Waals surface area contributed by atoms with Crippen molar-refractivity contribution < 1.29 is 9.90 Å². The van der Waals surface area contributed by atoms with Crippen LogP contribution in [0.1, 0.15) is 44.6 Å². The predicted octanol–water partition coefficient (Wildman–Crippen LogP) is 3.04. The molecule has 19 heavy (non-hydrogen) atoms. The van der Waals surface area contributed by atoms with E-state index in [9.17, 15) is 9.90 Å². The smallest absolute Gasteiger partial charge is 0.261 e. The monoisotopic (exact) mass is 259 g/mol. The number of anilines is 1. The van der Waals surface area contributed by atoms with Crippen LogP contribution in [-0.2, 0) is 10.4 Å². The van der Waals surface area contributed by atoms with Gasteiger partial charge in [-0.1, -0.05) is 44.4 Å². The van der Waals surface area contributed by atoms with Crippen molar-refractivity contribution in [3.63, 3.8) is 0 Å². The molecule has 1 aliphatic heterocycles. The van der Waals surface area contributed by atoms with Gasteiger partial charge in [-0.2, -0.15) is 0 Å². The Morgan fingerprint density at radius 2 is 1.95 bits per heavy atom. The molecule has 1 saturated carbocycles. The third-order valence-electron chi connectivity index (χ3n) is 4.95. The van der Waals surface area contributed by atoms with Gasteiger partial charge >= 0.3 is 0 Å². The summed E-state index contributed by atoms with van der Waals surface area (Å²) in [6.45, 7) is 2.22. The standard InChI is InChI=1S/C16H21NO2/c1-2-11-7-9-12(10-8-11)16(19)13-5-3-4-6-14(13)17-15(16)18/h3-6,11-12,19H,2,7-10H2,1H3,(H,17,18). The zero-order valence-corrected chi connectivity index (χ0v) is 11.4. The van der Waals surface area contributed by atoms with Gasteiger partial charge in [-0.3, -0.25) is 4.79 Å². The molecule has 1 heterocycles. The summed E-state index contributed by atoms with van der Waals surface area (Å²) in [6.07, 6.45) is 5.33. The third-order valence-corrected chi connectivity index (χ3v) is 4.95. The quantitative estimate of drug-likeness (QED) is 0.857. The Kier molecular flexibility index (Phi) is 3.09. The van der Waals surface area contributed by atoms with E-state index in [1.165, 1.54) is 6.42 Å². The van der Waals surface area contributed by atoms with Gasteiger partial charge in [-0.05, 0) is 24.8 Å². The minimum Gasteiger partial charge on any atom is -0.375 e. The maximum absolute atomic E-state index is 12.2. The highest BCUT2D eigenvalue weighted by Crippen LogP contribution is 2.47. The molecule has 1 amide bonds. The van der Waals surface area contributed by atoms with Crippen molar-refractivity contribution in [1.29, 1.82) is 0 Å². The summed E-state index contributed by atoms with van der Waals surface area (Å²) in [4.78, 5) is 12.2. The second-order valence-electron chi connectivity index (χ2n) is 5.89. The van der Waals surface area contributed by atoms with Gasteiger partial charge in [0.05, 0.1) is 0 Å². The van der Waals surface area contributed by atoms with Gasteiger partial charge in [-0.15, -0.1) is 0 Å². The van der Waals surface area contributed by atoms with Crippen LogP contribution in [0.5, 0.6) is 0 Å². The van der Waals surface area contributed by atoms with Gasteiger partial charge in [0.1, 0.15) is 0 Å². The number of benzene rings is 1. The van der Waals surface area contributed by atoms with Crippen molar-refractivity contribution in [2.24, 2.45) is 11.8 Å². The molecule has 1 aromatic carbocycles. The molecule has 0 aromatic heterocycles. The molecule has 2 aliphatic rings. The van der Waals surface area contributed by atoms with Crippen LogP contribution in [0.3, 0.4) is 0 Å². The van der Waals surface area contributed by atoms with Gasteiger partial charge in [-0.25, -0.2) is 0 Å². The molecule has 3 nitrogen and oxygen atoms in total. The molecule has 3 rings (SSSR count). The van der Waals surface area contributed by atoms with E-state index in [-0.39, 0.29) is 11.8 Å². The minimum atomic E-state index is -1.31. The first-order chi connectivity index (χ1) is 9.16. The summed E-state index contributed by atoms with van der Waals surface area (Å²) in [5.41, 5.74) is 0.225. The average Bonchev–Trinajstić information content (AvgIpc) is 2.72. The number of rotatable bonds is 2. The SMILES string of the molecule is CCC1CCC(C2(O)C(=O)Nc3ccccc32)CC1. The molecular formula is C16H21NO2. The first-order valence-corrected chi connectivity index (χ1v) is 7.29. The molecule has 0 saturated heterocycles. The summed E-state index contributed by atoms with van der Waals surface area (Å²) >= 11 is 0. The number of hydrogen-bond donors (Lipinski definition) is 2. The van der Waals surface area contributed by atoms with Gasteiger partial charge in [0, 0.05) is 17.2 Å². The van der Waals surface area contributed by atoms with Gasteiger partial charge < -0.3 is 10.4 Å². The number of hydrogen-bond acceptors (Lipinski definition) is 2. The molecule has 3 heteroatoms. The predicted molar refractivity (Wildman–Crippen MR) is 74.7 cm³/mol. The van der Waals surface area contributed by atoms with E-state index in [0.717, 1.165) is 42.9 Å². The number of amides is 1. The molecule has 1 fully saturated rings. The molecule has 2 N–H and O–H groups in total. The molecular weight excluding hydrogens is 238 g/mol. The highest BCUT2D eigenvalue weighted by atomic mass is 16.3. The number of fused-ring (bicyclic) bond motifs is 1. The number of carbonyl (C=O) groups is 1. The lowest BCUT2D eigenvalue weighted by atomic mass is 9.71. The second-order valence-corrected chi connectivity index (χ2v) is 5.89. The number of aliphatic hydroxyl groups is 1. The molecule has 0 spiro atoms. The fourth-order valence-electron chi connectivity index (χ4n) is 3.66. The van der Waals surface area contributed by atoms with Crippen LogP contribution in [0.2, 0.25) is 0 Å². The number of para-hydroxylation sites is 1. The summed E-state index contributed by atoms with van der Waals surface area (Å²) in [6, 6.07) is 7.52. The van der Waals surface area contributed by atoms with Crippen LogP contribution < -0.4 is 5.32 Å². The third kappa shape index (κ3) is 1.88. The fourth-order valence-corrected chi connectivity index (χ4v) is 3.66. The molecule has 1 aromatic rings. The summed E-state index contributed by atoms with van der Waals surface area (Å²) < 4.78 is 0. The summed E-state index contributed by atoms with van der Waals surface area (Å²) in [5, 5.41) is 13.8. The zero-order valence-electron chi connectivity index (χ0n) is 11.4. The second kappa shape index (κ2) is 4.64. The van der Waals surface area contributed by atoms with Crippen LogP contribution in [0.25, 0.3) is 0 Å². The molecule has 102 valence electrons. The van der Waals surface area contributed by atoms with E-state index < -0.39 is 5.60 Å². The highest BCUT2D eigenvalue weighted by Gasteiger charge is 2.51. The molecule has 0 radical (unpaired) electrons. The van der Waals surface area contributed by atoms with Gasteiger partial charge in [0.15, 0.2) is 5.60 Å². The zero-order chi connectivity index (χ0) is 13.5. The fraction of sp³-hybridized carbons (Fsp3) is 0.562. The van der Waals surface area contributed by atoms with Crippen molar-refractivity contribution >= 4 is 11.6 Å². The van der Waals surface area contributed by atoms with Crippen LogP contribution in [0.15, 0.2) is 24.3 Å². The van der Waals surface area contributed by atoms with Gasteiger partial charge in [0.2, 0.25) is 0 Å². The number of nitrogens with one attached hydrogen (secondary N) is 1. The largest absolute Gasteiger partial charge is 0.375 e. The van der Waals surface area contributed by atoms with Crippen LogP contribution in [0, 0.1) is 11.8 Å². The summed E-state index contributed by atoms with van der Waals surface area (Å²) in [5.74, 6) is 0.576. The lowest BCUT2D eigenvalue weighted by Crippen LogP contribution is -2.43. The van der Waals surface area contributed by atoms with E-state index in [4.69, 9.17) is 0 Å². The molecule has 1 aliphatic carbocycles. The molecule has 1 unspecified atom stereocenters. The topological polar surface area (TPSA) is 49.3 Å². The van der Waals surface area contributed by atoms with Crippen LogP contribution in [-0.4, -0.2) is 11.0 Å². The first kappa shape index (κ1) is 12.7. The van der Waals surface area contributed by atoms with Gasteiger partial charge in [0.25, 0.3) is 5.91 Å². The van der Waals surface area contributed by atoms with Crippen molar-refractivity contribution in [2.45, 2.75) is 44.6 Å². The normalized spacial score (nSPS) is 33.9. The highest BCUT2D eigenvalue weighted by molar-refractivity contribution is 6.05. The Hall–Kier alpha value is -1.35. The first-order valence-electron chi connectivity index (χ1n) is 7.29. The minimum absolute atomic E-state index is 0.0546. The Morgan fingerprint density at radius 3 is 2.63 bits per heavy atom. The number of carbonyl (C=O) groups excluding carboxylic acids is 1. The molecule has 1 atom stereocenters. The Balaban J connectivity index is 1.89. The van der Waals surface area contributed by atoms with Crippen molar-refractivity contribution in [1.82, 2.24) is 0 Å². The Morgan fingerprint density at radius 1 is 1.26 bits per heavy atom. The van der Waals surface area contributed by atoms with E-state index in [2.05, 4.69) is 12.2 Å².